The van der Waals surface area contributed by atoms with Gasteiger partial charge in [0.25, 0.3) is 0 Å². The summed E-state index contributed by atoms with van der Waals surface area (Å²) in [4.78, 5) is 58.9. The van der Waals surface area contributed by atoms with Crippen LogP contribution < -0.4 is 4.90 Å². The van der Waals surface area contributed by atoms with Crippen LogP contribution >= 0.6 is 31.9 Å². The summed E-state index contributed by atoms with van der Waals surface area (Å²) >= 11 is 6.86. The van der Waals surface area contributed by atoms with Gasteiger partial charge in [0.1, 0.15) is 0 Å². The van der Waals surface area contributed by atoms with Gasteiger partial charge in [0.15, 0.2) is 12.4 Å². The quantitative estimate of drug-likeness (QED) is 0.119. The minimum absolute atomic E-state index is 0.0808. The molecule has 0 N–H and O–H groups in total. The molecule has 0 radical (unpaired) electrons. The third-order valence-corrected chi connectivity index (χ3v) is 10.1. The van der Waals surface area contributed by atoms with E-state index in [0.29, 0.717) is 45.2 Å². The second-order valence-electron chi connectivity index (χ2n) is 11.6. The standard InChI is InChI=1S/C34H26Br2N2O5/c1-17-12-23(36)14-25-26(34(42)43-16-28(39)19-4-8-22(35)9-5-19)15-27(37-31(17)25)18-6-10-24(11-7-18)38-32(40)29-20-2-3-21(13-20)30(29)33(38)41/h4-12,14-15,20-21,29-30H,2-3,13,16H2,1H3. The first-order valence-electron chi connectivity index (χ1n) is 14.2. The fraction of sp³-hybridized carbons (Fsp3) is 0.265. The summed E-state index contributed by atoms with van der Waals surface area (Å²) < 4.78 is 7.13. The largest absolute Gasteiger partial charge is 0.454 e. The molecule has 2 saturated carbocycles. The van der Waals surface area contributed by atoms with Crippen LogP contribution in [0, 0.1) is 30.6 Å². The Bertz CT molecular complexity index is 1810. The van der Waals surface area contributed by atoms with Gasteiger partial charge in [-0.1, -0.05) is 56.1 Å². The lowest BCUT2D eigenvalue weighted by molar-refractivity contribution is -0.123. The minimum Gasteiger partial charge on any atom is -0.454 e. The van der Waals surface area contributed by atoms with E-state index in [2.05, 4.69) is 31.9 Å². The van der Waals surface area contributed by atoms with Crippen LogP contribution in [0.1, 0.15) is 45.5 Å². The Hall–Kier alpha value is -3.69. The zero-order chi connectivity index (χ0) is 30.0. The van der Waals surface area contributed by atoms with Crippen LogP contribution in [-0.4, -0.2) is 35.2 Å². The molecule has 3 fully saturated rings. The molecular weight excluding hydrogens is 676 g/mol. The highest BCUT2D eigenvalue weighted by molar-refractivity contribution is 9.10. The fourth-order valence-corrected chi connectivity index (χ4v) is 7.98. The molecule has 2 amide bonds. The van der Waals surface area contributed by atoms with Crippen LogP contribution in [0.5, 0.6) is 0 Å². The molecule has 2 aliphatic carbocycles. The monoisotopic (exact) mass is 700 g/mol. The van der Waals surface area contributed by atoms with Crippen molar-refractivity contribution in [2.24, 2.45) is 23.7 Å². The molecule has 4 unspecified atom stereocenters. The van der Waals surface area contributed by atoms with Gasteiger partial charge in [-0.05, 0) is 86.1 Å². The highest BCUT2D eigenvalue weighted by Gasteiger charge is 2.61. The number of carbonyl (C=O) groups is 4. The summed E-state index contributed by atoms with van der Waals surface area (Å²) in [5, 5.41) is 0.600. The maximum absolute atomic E-state index is 13.4. The lowest BCUT2D eigenvalue weighted by atomic mass is 9.81. The number of hydrogen-bond donors (Lipinski definition) is 0. The zero-order valence-electron chi connectivity index (χ0n) is 23.2. The Morgan fingerprint density at radius 3 is 2.19 bits per heavy atom. The molecule has 7 nitrogen and oxygen atoms in total. The summed E-state index contributed by atoms with van der Waals surface area (Å²) in [5.41, 5.74) is 4.02. The number of fused-ring (bicyclic) bond motifs is 6. The van der Waals surface area contributed by atoms with Crippen molar-refractivity contribution in [3.63, 3.8) is 0 Å². The number of anilines is 1. The number of imide groups is 1. The van der Waals surface area contributed by atoms with Crippen molar-refractivity contribution in [2.75, 3.05) is 11.5 Å². The van der Waals surface area contributed by atoms with Gasteiger partial charge in [-0.2, -0.15) is 0 Å². The van der Waals surface area contributed by atoms with E-state index in [1.807, 2.05) is 31.2 Å². The Balaban J connectivity index is 1.18. The molecule has 3 aromatic carbocycles. The Morgan fingerprint density at radius 1 is 0.884 bits per heavy atom. The number of ketones is 1. The number of benzene rings is 3. The lowest BCUT2D eigenvalue weighted by Crippen LogP contribution is -2.32. The van der Waals surface area contributed by atoms with E-state index in [4.69, 9.17) is 9.72 Å². The first kappa shape index (κ1) is 28.1. The van der Waals surface area contributed by atoms with Crippen LogP contribution in [0.25, 0.3) is 22.2 Å². The van der Waals surface area contributed by atoms with Crippen LogP contribution in [0.2, 0.25) is 0 Å². The van der Waals surface area contributed by atoms with Crippen molar-refractivity contribution >= 4 is 72.0 Å². The minimum atomic E-state index is -0.636. The number of amides is 2. The maximum Gasteiger partial charge on any atom is 0.339 e. The molecule has 43 heavy (non-hydrogen) atoms. The Morgan fingerprint density at radius 2 is 1.53 bits per heavy atom. The van der Waals surface area contributed by atoms with E-state index >= 15 is 0 Å². The van der Waals surface area contributed by atoms with Gasteiger partial charge < -0.3 is 4.74 Å². The van der Waals surface area contributed by atoms with Gasteiger partial charge in [0.2, 0.25) is 11.8 Å². The summed E-state index contributed by atoms with van der Waals surface area (Å²) in [7, 11) is 0. The smallest absolute Gasteiger partial charge is 0.339 e. The highest BCUT2D eigenvalue weighted by atomic mass is 79.9. The molecule has 1 aliphatic heterocycles. The van der Waals surface area contributed by atoms with E-state index in [-0.39, 0.29) is 35.0 Å². The predicted octanol–water partition coefficient (Wildman–Crippen LogP) is 7.31. The molecule has 2 bridgehead atoms. The van der Waals surface area contributed by atoms with Crippen molar-refractivity contribution < 1.29 is 23.9 Å². The number of aromatic nitrogens is 1. The highest BCUT2D eigenvalue weighted by Crippen LogP contribution is 2.56. The van der Waals surface area contributed by atoms with Crippen molar-refractivity contribution in [3.8, 4) is 11.3 Å². The number of aryl methyl sites for hydroxylation is 1. The average Bonchev–Trinajstić information content (AvgIpc) is 3.69. The van der Waals surface area contributed by atoms with E-state index in [0.717, 1.165) is 33.8 Å². The van der Waals surface area contributed by atoms with E-state index in [9.17, 15) is 19.2 Å². The summed E-state index contributed by atoms with van der Waals surface area (Å²) in [6, 6.07) is 19.4. The molecule has 1 aromatic heterocycles. The van der Waals surface area contributed by atoms with E-state index < -0.39 is 12.6 Å². The van der Waals surface area contributed by atoms with Gasteiger partial charge in [-0.15, -0.1) is 0 Å². The van der Waals surface area contributed by atoms with Crippen LogP contribution in [0.15, 0.2) is 75.7 Å². The van der Waals surface area contributed by atoms with E-state index in [1.165, 1.54) is 4.90 Å². The molecule has 1 saturated heterocycles. The average molecular weight is 702 g/mol. The summed E-state index contributed by atoms with van der Waals surface area (Å²) in [6.45, 7) is 1.51. The number of pyridine rings is 1. The van der Waals surface area contributed by atoms with Gasteiger partial charge in [-0.25, -0.2) is 9.78 Å². The van der Waals surface area contributed by atoms with Crippen molar-refractivity contribution in [2.45, 2.75) is 26.2 Å². The van der Waals surface area contributed by atoms with Gasteiger partial charge in [0, 0.05) is 25.5 Å². The van der Waals surface area contributed by atoms with Crippen LogP contribution in [-0.2, 0) is 14.3 Å². The van der Waals surface area contributed by atoms with Crippen molar-refractivity contribution in [3.05, 3.63) is 92.4 Å². The third-order valence-electron chi connectivity index (χ3n) is 9.14. The van der Waals surface area contributed by atoms with Crippen molar-refractivity contribution in [1.82, 2.24) is 4.98 Å². The second-order valence-corrected chi connectivity index (χ2v) is 13.5. The van der Waals surface area contributed by atoms with Crippen LogP contribution in [0.4, 0.5) is 5.69 Å². The first-order valence-corrected chi connectivity index (χ1v) is 15.8. The molecule has 4 aromatic rings. The third kappa shape index (κ3) is 4.83. The molecule has 9 heteroatoms. The van der Waals surface area contributed by atoms with Crippen molar-refractivity contribution in [1.29, 1.82) is 0 Å². The number of ether oxygens (including phenoxy) is 1. The number of esters is 1. The number of Topliss-reactive ketones (excluding diaryl/α,β-unsaturated/α-hetero) is 1. The molecule has 7 rings (SSSR count). The number of hydrogen-bond acceptors (Lipinski definition) is 6. The molecular formula is C34H26Br2N2O5. The molecule has 216 valence electrons. The number of nitrogens with zero attached hydrogens (tertiary/aromatic N) is 2. The van der Waals surface area contributed by atoms with E-state index in [1.54, 1.807) is 42.5 Å². The number of carbonyl (C=O) groups excluding carboxylic acids is 4. The molecule has 3 aliphatic rings. The molecule has 2 heterocycles. The Kier molecular flexibility index (Phi) is 7.05. The summed E-state index contributed by atoms with van der Waals surface area (Å²) in [5.74, 6) is -0.823. The summed E-state index contributed by atoms with van der Waals surface area (Å²) in [6.07, 6.45) is 3.06. The normalized spacial score (nSPS) is 22.3. The molecule has 4 atom stereocenters. The maximum atomic E-state index is 13.4. The van der Waals surface area contributed by atoms with Gasteiger partial charge >= 0.3 is 5.97 Å². The lowest BCUT2D eigenvalue weighted by Gasteiger charge is -2.19. The zero-order valence-corrected chi connectivity index (χ0v) is 26.4. The fourth-order valence-electron chi connectivity index (χ4n) is 7.15. The number of rotatable bonds is 6. The SMILES string of the molecule is Cc1cc(Br)cc2c(C(=O)OCC(=O)c3ccc(Br)cc3)cc(-c3ccc(N4C(=O)C5C6CCC(C6)C5C4=O)cc3)nc12. The second kappa shape index (κ2) is 10.8. The van der Waals surface area contributed by atoms with Gasteiger partial charge in [0.05, 0.1) is 34.3 Å². The Labute approximate surface area is 264 Å². The predicted molar refractivity (Wildman–Crippen MR) is 169 cm³/mol. The molecule has 0 spiro atoms. The first-order chi connectivity index (χ1) is 20.7. The topological polar surface area (TPSA) is 93.6 Å². The number of halogens is 2. The van der Waals surface area contributed by atoms with Crippen LogP contribution in [0.3, 0.4) is 0 Å². The van der Waals surface area contributed by atoms with Gasteiger partial charge in [-0.3, -0.25) is 19.3 Å².